The van der Waals surface area contributed by atoms with Crippen LogP contribution in [0, 0.1) is 11.3 Å². The fourth-order valence-electron chi connectivity index (χ4n) is 1.53. The first-order chi connectivity index (χ1) is 8.29. The van der Waals surface area contributed by atoms with E-state index in [2.05, 4.69) is 16.2 Å². The zero-order valence-electron chi connectivity index (χ0n) is 9.37. The Morgan fingerprint density at radius 3 is 3.06 bits per heavy atom. The zero-order chi connectivity index (χ0) is 12.1. The van der Waals surface area contributed by atoms with Gasteiger partial charge in [-0.3, -0.25) is 4.68 Å². The Bertz CT molecular complexity index is 538. The third-order valence-corrected chi connectivity index (χ3v) is 2.36. The molecule has 5 nitrogen and oxygen atoms in total. The van der Waals surface area contributed by atoms with Gasteiger partial charge in [-0.1, -0.05) is 12.1 Å². The number of nitrogen functional groups attached to an aromatic ring is 1. The molecule has 1 aromatic heterocycles. The van der Waals surface area contributed by atoms with Crippen LogP contribution in [0.25, 0.3) is 11.4 Å². The molecule has 2 N–H and O–H groups in total. The average Bonchev–Trinajstić information content (AvgIpc) is 2.78. The molecule has 0 aliphatic carbocycles. The summed E-state index contributed by atoms with van der Waals surface area (Å²) >= 11 is 0. The lowest BCUT2D eigenvalue weighted by atomic mass is 10.2. The van der Waals surface area contributed by atoms with Crippen LogP contribution < -0.4 is 5.73 Å². The summed E-state index contributed by atoms with van der Waals surface area (Å²) in [5.74, 6) is 0.661. The van der Waals surface area contributed by atoms with Crippen LogP contribution in [-0.4, -0.2) is 14.8 Å². The normalized spacial score (nSPS) is 10.1. The number of anilines is 1. The molecule has 0 aliphatic rings. The zero-order valence-corrected chi connectivity index (χ0v) is 9.37. The lowest BCUT2D eigenvalue weighted by Gasteiger charge is -1.98. The Morgan fingerprint density at radius 1 is 1.41 bits per heavy atom. The minimum atomic E-state index is 0.535. The fourth-order valence-corrected chi connectivity index (χ4v) is 1.53. The van der Waals surface area contributed by atoms with E-state index in [1.165, 1.54) is 0 Å². The maximum atomic E-state index is 8.45. The highest BCUT2D eigenvalue weighted by molar-refractivity contribution is 5.60. The quantitative estimate of drug-likeness (QED) is 0.638. The SMILES string of the molecule is N#CCCCn1cnc(-c2cccc(N)c2)n1. The number of nitrogens with two attached hydrogens (primary N) is 1. The summed E-state index contributed by atoms with van der Waals surface area (Å²) in [6.07, 6.45) is 3.00. The molecule has 17 heavy (non-hydrogen) atoms. The van der Waals surface area contributed by atoms with Crippen molar-refractivity contribution in [2.45, 2.75) is 19.4 Å². The average molecular weight is 227 g/mol. The molecule has 5 heteroatoms. The molecule has 2 rings (SSSR count). The number of hydrogen-bond donors (Lipinski definition) is 1. The second-order valence-electron chi connectivity index (χ2n) is 3.72. The highest BCUT2D eigenvalue weighted by Crippen LogP contribution is 2.16. The molecule has 0 bridgehead atoms. The maximum absolute atomic E-state index is 8.45. The number of nitriles is 1. The number of rotatable bonds is 4. The van der Waals surface area contributed by atoms with E-state index in [4.69, 9.17) is 11.0 Å². The number of benzene rings is 1. The summed E-state index contributed by atoms with van der Waals surface area (Å²) in [4.78, 5) is 4.22. The van der Waals surface area contributed by atoms with Gasteiger partial charge >= 0.3 is 0 Å². The third kappa shape index (κ3) is 2.82. The highest BCUT2D eigenvalue weighted by Gasteiger charge is 2.03. The van der Waals surface area contributed by atoms with Crippen molar-refractivity contribution in [2.24, 2.45) is 0 Å². The van der Waals surface area contributed by atoms with Crippen molar-refractivity contribution >= 4 is 5.69 Å². The summed E-state index contributed by atoms with van der Waals surface area (Å²) in [6, 6.07) is 9.57. The van der Waals surface area contributed by atoms with Crippen LogP contribution in [0.2, 0.25) is 0 Å². The second-order valence-corrected chi connectivity index (χ2v) is 3.72. The molecule has 0 fully saturated rings. The number of aryl methyl sites for hydroxylation is 1. The Morgan fingerprint density at radius 2 is 2.29 bits per heavy atom. The van der Waals surface area contributed by atoms with E-state index in [1.54, 1.807) is 11.0 Å². The predicted molar refractivity (Wildman–Crippen MR) is 64.7 cm³/mol. The van der Waals surface area contributed by atoms with Crippen LogP contribution >= 0.6 is 0 Å². The van der Waals surface area contributed by atoms with E-state index in [1.807, 2.05) is 24.3 Å². The van der Waals surface area contributed by atoms with Gasteiger partial charge in [-0.2, -0.15) is 10.4 Å². The van der Waals surface area contributed by atoms with E-state index >= 15 is 0 Å². The molecular weight excluding hydrogens is 214 g/mol. The van der Waals surface area contributed by atoms with Gasteiger partial charge in [0, 0.05) is 24.2 Å². The number of hydrogen-bond acceptors (Lipinski definition) is 4. The van der Waals surface area contributed by atoms with Crippen molar-refractivity contribution in [3.05, 3.63) is 30.6 Å². The monoisotopic (exact) mass is 227 g/mol. The molecule has 1 heterocycles. The van der Waals surface area contributed by atoms with Crippen molar-refractivity contribution in [3.63, 3.8) is 0 Å². The van der Waals surface area contributed by atoms with Gasteiger partial charge < -0.3 is 5.73 Å². The van der Waals surface area contributed by atoms with Crippen molar-refractivity contribution in [2.75, 3.05) is 5.73 Å². The van der Waals surface area contributed by atoms with Gasteiger partial charge in [0.15, 0.2) is 5.82 Å². The van der Waals surface area contributed by atoms with Crippen LogP contribution in [0.4, 0.5) is 5.69 Å². The van der Waals surface area contributed by atoms with E-state index < -0.39 is 0 Å². The lowest BCUT2D eigenvalue weighted by molar-refractivity contribution is 0.585. The topological polar surface area (TPSA) is 80.5 Å². The minimum Gasteiger partial charge on any atom is -0.399 e. The molecule has 86 valence electrons. The molecule has 0 radical (unpaired) electrons. The first kappa shape index (κ1) is 11.1. The summed E-state index contributed by atoms with van der Waals surface area (Å²) in [6.45, 7) is 0.711. The van der Waals surface area contributed by atoms with Crippen LogP contribution in [-0.2, 0) is 6.54 Å². The van der Waals surface area contributed by atoms with Gasteiger partial charge in [0.25, 0.3) is 0 Å². The van der Waals surface area contributed by atoms with Crippen LogP contribution in [0.5, 0.6) is 0 Å². The van der Waals surface area contributed by atoms with Gasteiger partial charge in [0.05, 0.1) is 6.07 Å². The molecule has 0 amide bonds. The molecule has 1 aromatic carbocycles. The van der Waals surface area contributed by atoms with Crippen molar-refractivity contribution < 1.29 is 0 Å². The van der Waals surface area contributed by atoms with E-state index in [0.29, 0.717) is 24.5 Å². The molecule has 0 aliphatic heterocycles. The molecular formula is C12H13N5. The van der Waals surface area contributed by atoms with Crippen molar-refractivity contribution in [1.82, 2.24) is 14.8 Å². The van der Waals surface area contributed by atoms with E-state index in [0.717, 1.165) is 12.0 Å². The van der Waals surface area contributed by atoms with Gasteiger partial charge in [0.1, 0.15) is 6.33 Å². The number of nitrogens with zero attached hydrogens (tertiary/aromatic N) is 4. The molecule has 0 saturated carbocycles. The number of aromatic nitrogens is 3. The van der Waals surface area contributed by atoms with Gasteiger partial charge in [-0.05, 0) is 18.6 Å². The van der Waals surface area contributed by atoms with Gasteiger partial charge in [0.2, 0.25) is 0 Å². The predicted octanol–water partition coefficient (Wildman–Crippen LogP) is 1.83. The largest absolute Gasteiger partial charge is 0.399 e. The lowest BCUT2D eigenvalue weighted by Crippen LogP contribution is -1.98. The van der Waals surface area contributed by atoms with Crippen molar-refractivity contribution in [3.8, 4) is 17.5 Å². The smallest absolute Gasteiger partial charge is 0.181 e. The first-order valence-electron chi connectivity index (χ1n) is 5.42. The minimum absolute atomic E-state index is 0.535. The highest BCUT2D eigenvalue weighted by atomic mass is 15.3. The Labute approximate surface area is 99.5 Å². The summed E-state index contributed by atoms with van der Waals surface area (Å²) in [5.41, 5.74) is 7.31. The number of unbranched alkanes of at least 4 members (excludes halogenated alkanes) is 1. The molecule has 0 atom stereocenters. The van der Waals surface area contributed by atoms with Gasteiger partial charge in [-0.15, -0.1) is 0 Å². The van der Waals surface area contributed by atoms with E-state index in [9.17, 15) is 0 Å². The standard InChI is InChI=1S/C12H13N5/c13-6-1-2-7-17-9-15-12(16-17)10-4-3-5-11(14)8-10/h3-5,8-9H,1-2,7,14H2. The summed E-state index contributed by atoms with van der Waals surface area (Å²) in [5, 5.41) is 12.8. The summed E-state index contributed by atoms with van der Waals surface area (Å²) in [7, 11) is 0. The Kier molecular flexibility index (Phi) is 3.36. The molecule has 0 spiro atoms. The van der Waals surface area contributed by atoms with E-state index in [-0.39, 0.29) is 0 Å². The van der Waals surface area contributed by atoms with Crippen molar-refractivity contribution in [1.29, 1.82) is 5.26 Å². The Hall–Kier alpha value is -2.35. The fraction of sp³-hybridized carbons (Fsp3) is 0.250. The van der Waals surface area contributed by atoms with Crippen LogP contribution in [0.3, 0.4) is 0 Å². The van der Waals surface area contributed by atoms with Crippen LogP contribution in [0.1, 0.15) is 12.8 Å². The molecule has 0 unspecified atom stereocenters. The second kappa shape index (κ2) is 5.12. The molecule has 2 aromatic rings. The Balaban J connectivity index is 2.10. The first-order valence-corrected chi connectivity index (χ1v) is 5.42. The van der Waals surface area contributed by atoms with Gasteiger partial charge in [-0.25, -0.2) is 4.98 Å². The molecule has 0 saturated heterocycles. The van der Waals surface area contributed by atoms with Crippen LogP contribution in [0.15, 0.2) is 30.6 Å². The maximum Gasteiger partial charge on any atom is 0.181 e. The third-order valence-electron chi connectivity index (χ3n) is 2.36. The summed E-state index contributed by atoms with van der Waals surface area (Å²) < 4.78 is 1.75.